The van der Waals surface area contributed by atoms with Gasteiger partial charge in [0.15, 0.2) is 6.10 Å². The molecule has 4 heteroatoms. The van der Waals surface area contributed by atoms with Crippen molar-refractivity contribution in [2.45, 2.75) is 6.10 Å². The van der Waals surface area contributed by atoms with Crippen molar-refractivity contribution < 1.29 is 9.47 Å². The Kier molecular flexibility index (Phi) is 3.28. The van der Waals surface area contributed by atoms with Crippen LogP contribution in [0.4, 0.5) is 5.69 Å². The van der Waals surface area contributed by atoms with Crippen molar-refractivity contribution >= 4 is 5.69 Å². The highest BCUT2D eigenvalue weighted by atomic mass is 16.5. The summed E-state index contributed by atoms with van der Waals surface area (Å²) < 4.78 is 10.6. The van der Waals surface area contributed by atoms with Crippen LogP contribution in [0, 0.1) is 11.3 Å². The van der Waals surface area contributed by atoms with E-state index in [1.807, 2.05) is 24.3 Å². The topological polar surface area (TPSA) is 45.5 Å². The van der Waals surface area contributed by atoms with Crippen molar-refractivity contribution in [1.29, 1.82) is 5.26 Å². The molecule has 1 fully saturated rings. The molecule has 0 N–H and O–H groups in total. The van der Waals surface area contributed by atoms with Crippen LogP contribution >= 0.6 is 0 Å². The molecular weight excluding hydrogens is 204 g/mol. The zero-order valence-corrected chi connectivity index (χ0v) is 9.22. The second-order valence-electron chi connectivity index (χ2n) is 3.61. The summed E-state index contributed by atoms with van der Waals surface area (Å²) in [6, 6.07) is 9.96. The summed E-state index contributed by atoms with van der Waals surface area (Å²) in [5, 5.41) is 8.85. The lowest BCUT2D eigenvalue weighted by Gasteiger charge is -2.32. The normalized spacial score (nSPS) is 20.2. The van der Waals surface area contributed by atoms with Crippen LogP contribution in [0.15, 0.2) is 24.3 Å². The van der Waals surface area contributed by atoms with E-state index in [1.165, 1.54) is 0 Å². The molecule has 0 radical (unpaired) electrons. The Hall–Kier alpha value is -1.73. The van der Waals surface area contributed by atoms with E-state index >= 15 is 0 Å². The highest BCUT2D eigenvalue weighted by Gasteiger charge is 2.21. The van der Waals surface area contributed by atoms with Gasteiger partial charge >= 0.3 is 0 Å². The molecule has 1 atom stereocenters. The van der Waals surface area contributed by atoms with Gasteiger partial charge in [0.1, 0.15) is 5.75 Å². The van der Waals surface area contributed by atoms with E-state index in [4.69, 9.17) is 14.7 Å². The lowest BCUT2D eigenvalue weighted by atomic mass is 10.2. The third-order valence-electron chi connectivity index (χ3n) is 2.64. The molecule has 1 aliphatic heterocycles. The number of nitrogens with zero attached hydrogens (tertiary/aromatic N) is 2. The van der Waals surface area contributed by atoms with Crippen LogP contribution in [0.5, 0.6) is 5.75 Å². The first-order valence-corrected chi connectivity index (χ1v) is 5.24. The number of rotatable bonds is 2. The van der Waals surface area contributed by atoms with Crippen LogP contribution in [0.2, 0.25) is 0 Å². The van der Waals surface area contributed by atoms with Gasteiger partial charge in [-0.2, -0.15) is 5.26 Å². The van der Waals surface area contributed by atoms with Crippen LogP contribution in [-0.4, -0.2) is 32.9 Å². The molecule has 1 aromatic carbocycles. The second kappa shape index (κ2) is 4.86. The van der Waals surface area contributed by atoms with Gasteiger partial charge in [-0.15, -0.1) is 0 Å². The molecule has 1 saturated heterocycles. The van der Waals surface area contributed by atoms with Crippen molar-refractivity contribution in [3.8, 4) is 11.8 Å². The zero-order valence-electron chi connectivity index (χ0n) is 9.22. The molecule has 0 spiro atoms. The molecule has 0 saturated carbocycles. The van der Waals surface area contributed by atoms with E-state index in [-0.39, 0.29) is 6.10 Å². The van der Waals surface area contributed by atoms with Gasteiger partial charge in [-0.1, -0.05) is 12.1 Å². The molecule has 0 aliphatic carbocycles. The lowest BCUT2D eigenvalue weighted by Crippen LogP contribution is -2.41. The monoisotopic (exact) mass is 218 g/mol. The molecular formula is C12H14N2O2. The number of methoxy groups -OCH3 is 1. The summed E-state index contributed by atoms with van der Waals surface area (Å²) in [4.78, 5) is 2.12. The Morgan fingerprint density at radius 3 is 3.06 bits per heavy atom. The van der Waals surface area contributed by atoms with Crippen LogP contribution in [-0.2, 0) is 4.74 Å². The van der Waals surface area contributed by atoms with E-state index in [1.54, 1.807) is 7.11 Å². The Morgan fingerprint density at radius 1 is 1.50 bits per heavy atom. The summed E-state index contributed by atoms with van der Waals surface area (Å²) >= 11 is 0. The molecule has 1 aliphatic rings. The van der Waals surface area contributed by atoms with Gasteiger partial charge in [0.05, 0.1) is 32.0 Å². The Morgan fingerprint density at radius 2 is 2.31 bits per heavy atom. The number of anilines is 1. The second-order valence-corrected chi connectivity index (χ2v) is 3.61. The third-order valence-corrected chi connectivity index (χ3v) is 2.64. The fraction of sp³-hybridized carbons (Fsp3) is 0.417. The summed E-state index contributed by atoms with van der Waals surface area (Å²) in [6.45, 7) is 1.96. The van der Waals surface area contributed by atoms with E-state index < -0.39 is 0 Å². The number of benzene rings is 1. The van der Waals surface area contributed by atoms with Crippen molar-refractivity contribution in [3.63, 3.8) is 0 Å². The largest absolute Gasteiger partial charge is 0.495 e. The minimum absolute atomic E-state index is 0.348. The fourth-order valence-electron chi connectivity index (χ4n) is 1.84. The van der Waals surface area contributed by atoms with Gasteiger partial charge < -0.3 is 14.4 Å². The summed E-state index contributed by atoms with van der Waals surface area (Å²) in [6.07, 6.45) is -0.348. The fourth-order valence-corrected chi connectivity index (χ4v) is 1.84. The van der Waals surface area contributed by atoms with Crippen LogP contribution < -0.4 is 9.64 Å². The summed E-state index contributed by atoms with van der Waals surface area (Å²) in [5.41, 5.74) is 1.02. The molecule has 1 heterocycles. The minimum Gasteiger partial charge on any atom is -0.495 e. The van der Waals surface area contributed by atoms with E-state index in [0.29, 0.717) is 13.2 Å². The maximum Gasteiger partial charge on any atom is 0.161 e. The van der Waals surface area contributed by atoms with Crippen molar-refractivity contribution in [2.24, 2.45) is 0 Å². The maximum absolute atomic E-state index is 8.85. The maximum atomic E-state index is 8.85. The van der Waals surface area contributed by atoms with E-state index in [0.717, 1.165) is 18.0 Å². The molecule has 84 valence electrons. The third kappa shape index (κ3) is 2.10. The highest BCUT2D eigenvalue weighted by molar-refractivity contribution is 5.58. The molecule has 0 amide bonds. The minimum atomic E-state index is -0.348. The number of para-hydroxylation sites is 2. The first-order valence-electron chi connectivity index (χ1n) is 5.24. The first kappa shape index (κ1) is 10.8. The number of hydrogen-bond acceptors (Lipinski definition) is 4. The highest BCUT2D eigenvalue weighted by Crippen LogP contribution is 2.28. The molecule has 0 bridgehead atoms. The molecule has 16 heavy (non-hydrogen) atoms. The molecule has 1 unspecified atom stereocenters. The van der Waals surface area contributed by atoms with Crippen LogP contribution in [0.25, 0.3) is 0 Å². The van der Waals surface area contributed by atoms with E-state index in [9.17, 15) is 0 Å². The predicted octanol–water partition coefficient (Wildman–Crippen LogP) is 1.42. The number of ether oxygens (including phenoxy) is 2. The summed E-state index contributed by atoms with van der Waals surface area (Å²) in [5.74, 6) is 0.834. The lowest BCUT2D eigenvalue weighted by molar-refractivity contribution is 0.0763. The smallest absolute Gasteiger partial charge is 0.161 e. The SMILES string of the molecule is COc1ccccc1N1CCOC(C#N)C1. The number of nitriles is 1. The van der Waals surface area contributed by atoms with Gasteiger partial charge in [0, 0.05) is 6.54 Å². The quantitative estimate of drug-likeness (QED) is 0.753. The predicted molar refractivity (Wildman–Crippen MR) is 60.6 cm³/mol. The average molecular weight is 218 g/mol. The zero-order chi connectivity index (χ0) is 11.4. The summed E-state index contributed by atoms with van der Waals surface area (Å²) in [7, 11) is 1.65. The van der Waals surface area contributed by atoms with Gasteiger partial charge in [-0.25, -0.2) is 0 Å². The van der Waals surface area contributed by atoms with Gasteiger partial charge in [-0.05, 0) is 12.1 Å². The van der Waals surface area contributed by atoms with Gasteiger partial charge in [0.2, 0.25) is 0 Å². The average Bonchev–Trinajstić information content (AvgIpc) is 2.38. The standard InChI is InChI=1S/C12H14N2O2/c1-15-12-5-3-2-4-11(12)14-6-7-16-10(8-13)9-14/h2-5,10H,6-7,9H2,1H3. The molecule has 4 nitrogen and oxygen atoms in total. The van der Waals surface area contributed by atoms with Gasteiger partial charge in [0.25, 0.3) is 0 Å². The van der Waals surface area contributed by atoms with Crippen molar-refractivity contribution in [1.82, 2.24) is 0 Å². The van der Waals surface area contributed by atoms with Crippen molar-refractivity contribution in [3.05, 3.63) is 24.3 Å². The van der Waals surface area contributed by atoms with Crippen LogP contribution in [0.3, 0.4) is 0 Å². The number of morpholine rings is 1. The Bertz CT molecular complexity index is 400. The van der Waals surface area contributed by atoms with E-state index in [2.05, 4.69) is 11.0 Å². The Balaban J connectivity index is 2.20. The van der Waals surface area contributed by atoms with Crippen molar-refractivity contribution in [2.75, 3.05) is 31.7 Å². The first-order chi connectivity index (χ1) is 7.85. The molecule has 1 aromatic rings. The van der Waals surface area contributed by atoms with Crippen LogP contribution in [0.1, 0.15) is 0 Å². The molecule has 0 aromatic heterocycles. The number of hydrogen-bond donors (Lipinski definition) is 0. The molecule has 2 rings (SSSR count). The van der Waals surface area contributed by atoms with Gasteiger partial charge in [-0.3, -0.25) is 0 Å². The Labute approximate surface area is 95.0 Å².